The summed E-state index contributed by atoms with van der Waals surface area (Å²) < 4.78 is 29.2. The summed E-state index contributed by atoms with van der Waals surface area (Å²) in [5, 5.41) is 7.15. The van der Waals surface area contributed by atoms with E-state index in [1.54, 1.807) is 10.7 Å². The van der Waals surface area contributed by atoms with E-state index in [1.807, 2.05) is 26.1 Å². The number of carbonyl (C=O) groups excluding carboxylic acids is 1. The van der Waals surface area contributed by atoms with Crippen LogP contribution in [0, 0.1) is 18.6 Å². The topological polar surface area (TPSA) is 46.9 Å². The minimum atomic E-state index is -0.662. The highest BCUT2D eigenvalue weighted by Crippen LogP contribution is 2.35. The maximum atomic E-state index is 14.2. The summed E-state index contributed by atoms with van der Waals surface area (Å²) >= 11 is 0. The fourth-order valence-electron chi connectivity index (χ4n) is 3.30. The van der Waals surface area contributed by atoms with Crippen molar-refractivity contribution in [3.63, 3.8) is 0 Å². The number of hydrogen-bond acceptors (Lipinski definition) is 2. The predicted molar refractivity (Wildman–Crippen MR) is 89.9 cm³/mol. The number of halogens is 2. The van der Waals surface area contributed by atoms with Gasteiger partial charge in [-0.15, -0.1) is 0 Å². The Bertz CT molecular complexity index is 1020. The first-order valence-corrected chi connectivity index (χ1v) is 7.85. The second kappa shape index (κ2) is 5.51. The maximum absolute atomic E-state index is 14.2. The lowest BCUT2D eigenvalue weighted by atomic mass is 9.93. The number of hydrogen-bond donors (Lipinski definition) is 1. The van der Waals surface area contributed by atoms with Crippen molar-refractivity contribution >= 4 is 5.91 Å². The standard InChI is InChI=1S/C19H15F2N3O/c1-10-5-18(24(2)23-10)14-6-11(7-15-16(14)9-22-19(15)25)13-4-3-12(20)8-17(13)21/h3-8H,9H2,1-2H3,(H,22,25). The number of nitrogens with zero attached hydrogens (tertiary/aromatic N) is 2. The van der Waals surface area contributed by atoms with Crippen LogP contribution in [0.1, 0.15) is 21.6 Å². The molecule has 4 rings (SSSR count). The van der Waals surface area contributed by atoms with E-state index in [1.165, 1.54) is 12.1 Å². The Morgan fingerprint density at radius 1 is 1.08 bits per heavy atom. The van der Waals surface area contributed by atoms with Gasteiger partial charge in [-0.25, -0.2) is 8.78 Å². The van der Waals surface area contributed by atoms with Crippen molar-refractivity contribution in [3.8, 4) is 22.4 Å². The number of nitrogens with one attached hydrogen (secondary N) is 1. The lowest BCUT2D eigenvalue weighted by Crippen LogP contribution is -2.12. The number of aryl methyl sites for hydroxylation is 2. The van der Waals surface area contributed by atoms with Crippen molar-refractivity contribution in [2.24, 2.45) is 7.05 Å². The molecule has 2 aromatic carbocycles. The number of amides is 1. The molecule has 0 aliphatic carbocycles. The lowest BCUT2D eigenvalue weighted by molar-refractivity contribution is 0.0966. The molecule has 25 heavy (non-hydrogen) atoms. The van der Waals surface area contributed by atoms with Gasteiger partial charge in [-0.3, -0.25) is 9.48 Å². The Hall–Kier alpha value is -3.02. The molecule has 2 heterocycles. The van der Waals surface area contributed by atoms with E-state index >= 15 is 0 Å². The second-order valence-electron chi connectivity index (χ2n) is 6.15. The molecular formula is C19H15F2N3O. The van der Waals surface area contributed by atoms with Crippen molar-refractivity contribution in [1.82, 2.24) is 15.1 Å². The number of benzene rings is 2. The van der Waals surface area contributed by atoms with Crippen LogP contribution in [0.25, 0.3) is 22.4 Å². The highest BCUT2D eigenvalue weighted by Gasteiger charge is 2.25. The predicted octanol–water partition coefficient (Wildman–Crippen LogP) is 3.58. The van der Waals surface area contributed by atoms with E-state index in [0.29, 0.717) is 17.7 Å². The molecule has 0 unspecified atom stereocenters. The van der Waals surface area contributed by atoms with Crippen molar-refractivity contribution in [2.45, 2.75) is 13.5 Å². The first-order valence-electron chi connectivity index (χ1n) is 7.85. The van der Waals surface area contributed by atoms with Gasteiger partial charge in [0.2, 0.25) is 0 Å². The van der Waals surface area contributed by atoms with Gasteiger partial charge in [0.05, 0.1) is 11.4 Å². The zero-order valence-electron chi connectivity index (χ0n) is 13.7. The van der Waals surface area contributed by atoms with E-state index in [2.05, 4.69) is 10.4 Å². The Kier molecular flexibility index (Phi) is 3.42. The van der Waals surface area contributed by atoms with Crippen molar-refractivity contribution in [2.75, 3.05) is 0 Å². The summed E-state index contributed by atoms with van der Waals surface area (Å²) in [4.78, 5) is 12.2. The SMILES string of the molecule is Cc1cc(-c2cc(-c3ccc(F)cc3F)cc3c2CNC3=O)n(C)n1. The minimum absolute atomic E-state index is 0.195. The van der Waals surface area contributed by atoms with Gasteiger partial charge in [0.25, 0.3) is 5.91 Å². The van der Waals surface area contributed by atoms with Gasteiger partial charge in [0.1, 0.15) is 11.6 Å². The molecule has 0 saturated heterocycles. The largest absolute Gasteiger partial charge is 0.348 e. The van der Waals surface area contributed by atoms with E-state index in [-0.39, 0.29) is 11.5 Å². The third-order valence-electron chi connectivity index (χ3n) is 4.44. The molecular weight excluding hydrogens is 324 g/mol. The van der Waals surface area contributed by atoms with E-state index in [0.717, 1.165) is 28.6 Å². The third-order valence-corrected chi connectivity index (χ3v) is 4.44. The Balaban J connectivity index is 1.99. The van der Waals surface area contributed by atoms with Gasteiger partial charge >= 0.3 is 0 Å². The van der Waals surface area contributed by atoms with Gasteiger partial charge in [0.15, 0.2) is 0 Å². The highest BCUT2D eigenvalue weighted by atomic mass is 19.1. The van der Waals surface area contributed by atoms with Crippen LogP contribution in [0.15, 0.2) is 36.4 Å². The summed E-state index contributed by atoms with van der Waals surface area (Å²) in [6.45, 7) is 2.30. The molecule has 1 amide bonds. The molecule has 6 heteroatoms. The molecule has 3 aromatic rings. The Labute approximate surface area is 143 Å². The summed E-state index contributed by atoms with van der Waals surface area (Å²) in [5.41, 5.74) is 4.66. The number of rotatable bonds is 2. The van der Waals surface area contributed by atoms with Crippen LogP contribution in [-0.2, 0) is 13.6 Å². The average molecular weight is 339 g/mol. The number of aromatic nitrogens is 2. The summed E-state index contributed by atoms with van der Waals surface area (Å²) in [5.74, 6) is -1.49. The van der Waals surface area contributed by atoms with Gasteiger partial charge in [-0.1, -0.05) is 0 Å². The van der Waals surface area contributed by atoms with Crippen LogP contribution in [0.2, 0.25) is 0 Å². The zero-order valence-corrected chi connectivity index (χ0v) is 13.7. The molecule has 0 fully saturated rings. The number of fused-ring (bicyclic) bond motifs is 1. The molecule has 1 N–H and O–H groups in total. The van der Waals surface area contributed by atoms with Crippen molar-refractivity contribution < 1.29 is 13.6 Å². The quantitative estimate of drug-likeness (QED) is 0.776. The first-order chi connectivity index (χ1) is 11.9. The van der Waals surface area contributed by atoms with E-state index < -0.39 is 11.6 Å². The zero-order chi connectivity index (χ0) is 17.7. The molecule has 0 atom stereocenters. The van der Waals surface area contributed by atoms with Crippen LogP contribution < -0.4 is 5.32 Å². The van der Waals surface area contributed by atoms with Crippen LogP contribution in [0.4, 0.5) is 8.78 Å². The lowest BCUT2D eigenvalue weighted by Gasteiger charge is -2.12. The Morgan fingerprint density at radius 3 is 2.52 bits per heavy atom. The molecule has 0 spiro atoms. The highest BCUT2D eigenvalue weighted by molar-refractivity contribution is 6.02. The van der Waals surface area contributed by atoms with Crippen LogP contribution >= 0.6 is 0 Å². The molecule has 0 saturated carbocycles. The second-order valence-corrected chi connectivity index (χ2v) is 6.15. The molecule has 126 valence electrons. The number of carbonyl (C=O) groups is 1. The average Bonchev–Trinajstić information content (AvgIpc) is 3.09. The molecule has 4 nitrogen and oxygen atoms in total. The Morgan fingerprint density at radius 2 is 1.84 bits per heavy atom. The van der Waals surface area contributed by atoms with Gasteiger partial charge in [0, 0.05) is 36.3 Å². The summed E-state index contributed by atoms with van der Waals surface area (Å²) in [6.07, 6.45) is 0. The van der Waals surface area contributed by atoms with E-state index in [9.17, 15) is 13.6 Å². The summed E-state index contributed by atoms with van der Waals surface area (Å²) in [6, 6.07) is 8.84. The van der Waals surface area contributed by atoms with Crippen LogP contribution in [0.5, 0.6) is 0 Å². The molecule has 1 aromatic heterocycles. The molecule has 1 aliphatic rings. The van der Waals surface area contributed by atoms with E-state index in [4.69, 9.17) is 0 Å². The maximum Gasteiger partial charge on any atom is 0.251 e. The smallest absolute Gasteiger partial charge is 0.251 e. The van der Waals surface area contributed by atoms with Gasteiger partial charge < -0.3 is 5.32 Å². The van der Waals surface area contributed by atoms with Gasteiger partial charge in [-0.2, -0.15) is 5.10 Å². The van der Waals surface area contributed by atoms with Gasteiger partial charge in [-0.05, 0) is 48.4 Å². The normalized spacial score (nSPS) is 13.0. The van der Waals surface area contributed by atoms with Crippen molar-refractivity contribution in [3.05, 3.63) is 64.9 Å². The third kappa shape index (κ3) is 2.50. The fourth-order valence-corrected chi connectivity index (χ4v) is 3.30. The summed E-state index contributed by atoms with van der Waals surface area (Å²) in [7, 11) is 1.82. The monoisotopic (exact) mass is 339 g/mol. The van der Waals surface area contributed by atoms with Crippen molar-refractivity contribution in [1.29, 1.82) is 0 Å². The molecule has 0 bridgehead atoms. The molecule has 1 aliphatic heterocycles. The van der Waals surface area contributed by atoms with Crippen LogP contribution in [0.3, 0.4) is 0 Å². The fraction of sp³-hybridized carbons (Fsp3) is 0.158. The van der Waals surface area contributed by atoms with Crippen LogP contribution in [-0.4, -0.2) is 15.7 Å². The minimum Gasteiger partial charge on any atom is -0.348 e. The molecule has 0 radical (unpaired) electrons. The first kappa shape index (κ1) is 15.5.